The molecule has 4 N–H and O–H groups in total. The number of aliphatic hydroxyl groups excluding tert-OH is 2. The van der Waals surface area contributed by atoms with Crippen molar-refractivity contribution in [2.24, 2.45) is 0 Å². The lowest BCUT2D eigenvalue weighted by atomic mass is 10.0. The maximum Gasteiger partial charge on any atom is 0.472 e. The number of esters is 3. The number of hydrogen-bond acceptors (Lipinski definition) is 14. The molecule has 0 aromatic rings. The van der Waals surface area contributed by atoms with Crippen LogP contribution in [0, 0.1) is 0 Å². The minimum atomic E-state index is -4.94. The summed E-state index contributed by atoms with van der Waals surface area (Å²) < 4.78 is 61.0. The first-order valence-corrected chi connectivity index (χ1v) is 40.8. The van der Waals surface area contributed by atoms with E-state index < -0.39 is 91.5 Å². The zero-order chi connectivity index (χ0) is 70.9. The minimum Gasteiger partial charge on any atom is -0.463 e. The van der Waals surface area contributed by atoms with Crippen LogP contribution >= 0.6 is 15.6 Å². The van der Waals surface area contributed by atoms with E-state index in [4.69, 9.17) is 32.3 Å². The monoisotopic (exact) mass is 1400 g/mol. The molecule has 0 rings (SSSR count). The summed E-state index contributed by atoms with van der Waals surface area (Å²) in [6.07, 6.45) is 84.1. The fraction of sp³-hybridized carbons (Fsp3) is 0.709. The number of phosphoric ester groups is 2. The van der Waals surface area contributed by atoms with Crippen molar-refractivity contribution in [1.29, 1.82) is 0 Å². The number of phosphoric acid groups is 2. The lowest BCUT2D eigenvalue weighted by Gasteiger charge is -2.21. The topological polar surface area (TPSA) is 231 Å². The highest BCUT2D eigenvalue weighted by Crippen LogP contribution is 2.45. The highest BCUT2D eigenvalue weighted by molar-refractivity contribution is 7.47. The lowest BCUT2D eigenvalue weighted by Crippen LogP contribution is -2.30. The van der Waals surface area contributed by atoms with Crippen LogP contribution < -0.4 is 0 Å². The normalized spacial score (nSPS) is 14.8. The van der Waals surface area contributed by atoms with E-state index in [9.17, 15) is 43.5 Å². The molecule has 18 heteroatoms. The van der Waals surface area contributed by atoms with Gasteiger partial charge in [0.15, 0.2) is 6.10 Å². The molecule has 0 fully saturated rings. The predicted octanol–water partition coefficient (Wildman–Crippen LogP) is 21.8. The molecule has 0 heterocycles. The fourth-order valence-corrected chi connectivity index (χ4v) is 11.5. The molecular weight excluding hydrogens is 1270 g/mol. The van der Waals surface area contributed by atoms with Gasteiger partial charge in [0.05, 0.1) is 26.4 Å². The first kappa shape index (κ1) is 93.0. The Hall–Kier alpha value is -4.05. The largest absolute Gasteiger partial charge is 0.472 e. The van der Waals surface area contributed by atoms with Crippen molar-refractivity contribution in [2.45, 2.75) is 322 Å². The Bertz CT molecular complexity index is 2250. The van der Waals surface area contributed by atoms with E-state index in [1.54, 1.807) is 0 Å². The summed E-state index contributed by atoms with van der Waals surface area (Å²) in [6, 6.07) is 0. The van der Waals surface area contributed by atoms with Crippen LogP contribution in [0.25, 0.3) is 0 Å². The number of aliphatic hydroxyl groups is 2. The third-order valence-corrected chi connectivity index (χ3v) is 17.5. The van der Waals surface area contributed by atoms with Gasteiger partial charge in [0.1, 0.15) is 25.4 Å². The van der Waals surface area contributed by atoms with E-state index in [-0.39, 0.29) is 19.3 Å². The molecule has 558 valence electrons. The SMILES string of the molecule is CC/C=C\C/C=C\C/C=C\C/C=C\C/C=C\CCCC(=O)OCC(COP(=O)(O)OCC(O)COP(=O)(O)OCC(O)COC(=O)CCCCCCCCCCCCCCC/C=C\C/C=C\C/C=C\C/C=C\CCCCC)OC(=O)CCCCCCC/C=C\CCCCCCCC. The van der Waals surface area contributed by atoms with Crippen LogP contribution in [0.3, 0.4) is 0 Å². The zero-order valence-electron chi connectivity index (χ0n) is 60.7. The van der Waals surface area contributed by atoms with Crippen molar-refractivity contribution in [3.05, 3.63) is 122 Å². The second-order valence-electron chi connectivity index (χ2n) is 25.1. The minimum absolute atomic E-state index is 0.0807. The fourth-order valence-electron chi connectivity index (χ4n) is 9.88. The number of carbonyl (C=O) groups excluding carboxylic acids is 3. The zero-order valence-corrected chi connectivity index (χ0v) is 62.5. The number of carbonyl (C=O) groups is 3. The molecule has 0 aromatic carbocycles. The number of unbranched alkanes of at least 4 members (excludes halogenated alkanes) is 28. The Balaban J connectivity index is 4.54. The quantitative estimate of drug-likeness (QED) is 0.0146. The van der Waals surface area contributed by atoms with Crippen molar-refractivity contribution in [3.8, 4) is 0 Å². The van der Waals surface area contributed by atoms with Crippen LogP contribution in [0.2, 0.25) is 0 Å². The van der Waals surface area contributed by atoms with Crippen LogP contribution in [0.15, 0.2) is 122 Å². The number of ether oxygens (including phenoxy) is 3. The van der Waals surface area contributed by atoms with Crippen molar-refractivity contribution in [1.82, 2.24) is 0 Å². The van der Waals surface area contributed by atoms with Gasteiger partial charge in [-0.15, -0.1) is 0 Å². The van der Waals surface area contributed by atoms with Gasteiger partial charge in [-0.2, -0.15) is 0 Å². The lowest BCUT2D eigenvalue weighted by molar-refractivity contribution is -0.161. The second-order valence-corrected chi connectivity index (χ2v) is 28.0. The molecule has 0 aliphatic rings. The van der Waals surface area contributed by atoms with Gasteiger partial charge in [-0.1, -0.05) is 277 Å². The molecule has 0 saturated carbocycles. The Morgan fingerprint density at radius 1 is 0.299 bits per heavy atom. The van der Waals surface area contributed by atoms with Crippen LogP contribution in [0.4, 0.5) is 0 Å². The summed E-state index contributed by atoms with van der Waals surface area (Å²) >= 11 is 0. The van der Waals surface area contributed by atoms with Gasteiger partial charge in [0, 0.05) is 19.3 Å². The number of hydrogen-bond donors (Lipinski definition) is 4. The van der Waals surface area contributed by atoms with Crippen LogP contribution in [0.5, 0.6) is 0 Å². The Labute approximate surface area is 589 Å². The highest BCUT2D eigenvalue weighted by atomic mass is 31.2. The third kappa shape index (κ3) is 73.0. The summed E-state index contributed by atoms with van der Waals surface area (Å²) in [5.74, 6) is -1.65. The van der Waals surface area contributed by atoms with E-state index in [2.05, 4.69) is 130 Å². The molecular formula is C79H136O16P2. The van der Waals surface area contributed by atoms with E-state index in [0.717, 1.165) is 116 Å². The molecule has 0 aliphatic carbocycles. The van der Waals surface area contributed by atoms with E-state index >= 15 is 0 Å². The average Bonchev–Trinajstić information content (AvgIpc) is 1.63. The predicted molar refractivity (Wildman–Crippen MR) is 399 cm³/mol. The molecule has 97 heavy (non-hydrogen) atoms. The van der Waals surface area contributed by atoms with E-state index in [1.165, 1.54) is 122 Å². The van der Waals surface area contributed by atoms with Gasteiger partial charge in [0.25, 0.3) is 0 Å². The van der Waals surface area contributed by atoms with Crippen molar-refractivity contribution >= 4 is 33.6 Å². The maximum atomic E-state index is 12.9. The Morgan fingerprint density at radius 3 is 0.938 bits per heavy atom. The maximum absolute atomic E-state index is 12.9. The second kappa shape index (κ2) is 71.8. The Kier molecular flexibility index (Phi) is 68.8. The molecule has 0 saturated heterocycles. The third-order valence-electron chi connectivity index (χ3n) is 15.6. The molecule has 0 spiro atoms. The van der Waals surface area contributed by atoms with Crippen LogP contribution in [0.1, 0.15) is 303 Å². The molecule has 0 aliphatic heterocycles. The first-order chi connectivity index (χ1) is 47.2. The molecule has 0 aromatic heterocycles. The highest BCUT2D eigenvalue weighted by Gasteiger charge is 2.29. The molecule has 0 radical (unpaired) electrons. The summed E-state index contributed by atoms with van der Waals surface area (Å²) in [5, 5.41) is 20.6. The van der Waals surface area contributed by atoms with Gasteiger partial charge >= 0.3 is 33.6 Å². The Morgan fingerprint density at radius 2 is 0.557 bits per heavy atom. The van der Waals surface area contributed by atoms with E-state index in [0.29, 0.717) is 25.7 Å². The van der Waals surface area contributed by atoms with E-state index in [1.807, 2.05) is 12.2 Å². The van der Waals surface area contributed by atoms with Gasteiger partial charge in [-0.05, 0) is 128 Å². The number of allylic oxidation sites excluding steroid dienone is 20. The standard InChI is InChI=1S/C79H136O16P2/c1-4-7-10-13-16-19-22-25-28-30-31-32-33-34-35-36-37-38-39-40-41-43-46-47-50-53-56-59-62-65-77(82)89-68-74(80)69-91-96(85,86)92-70-75(81)71-93-97(87,88)94-73-76(95-79(84)67-64-61-58-55-52-49-44-27-24-21-18-15-12-9-6-3)72-90-78(83)66-63-60-57-54-51-48-45-42-29-26-23-20-17-14-11-8-5-2/h8,11,16-17,19-20,25-29,31-32,34-35,44-45,48,54,57,74-76,80-81H,4-7,9-10,12-15,18,21-24,30,33,36-43,46-47,49-53,55-56,58-73H2,1-3H3,(H,85,86)(H,87,88)/b11-8-,19-16-,20-17-,28-25-,29-26-,32-31-,35-34-,44-27-,48-45-,57-54-. The van der Waals surface area contributed by atoms with Gasteiger partial charge < -0.3 is 34.2 Å². The first-order valence-electron chi connectivity index (χ1n) is 37.8. The summed E-state index contributed by atoms with van der Waals surface area (Å²) in [6.45, 7) is 2.46. The number of rotatable bonds is 71. The molecule has 5 atom stereocenters. The summed E-state index contributed by atoms with van der Waals surface area (Å²) in [5.41, 5.74) is 0. The van der Waals surface area contributed by atoms with Crippen LogP contribution in [-0.4, -0.2) is 95.9 Å². The van der Waals surface area contributed by atoms with Gasteiger partial charge in [-0.25, -0.2) is 9.13 Å². The van der Waals surface area contributed by atoms with Crippen molar-refractivity contribution < 1.29 is 75.8 Å². The van der Waals surface area contributed by atoms with Gasteiger partial charge in [-0.3, -0.25) is 32.5 Å². The van der Waals surface area contributed by atoms with Crippen molar-refractivity contribution in [3.63, 3.8) is 0 Å². The molecule has 5 unspecified atom stereocenters. The smallest absolute Gasteiger partial charge is 0.463 e. The van der Waals surface area contributed by atoms with Crippen LogP contribution in [-0.2, 0) is 55.8 Å². The van der Waals surface area contributed by atoms with Gasteiger partial charge in [0.2, 0.25) is 0 Å². The van der Waals surface area contributed by atoms with Crippen molar-refractivity contribution in [2.75, 3.05) is 39.6 Å². The molecule has 16 nitrogen and oxygen atoms in total. The summed E-state index contributed by atoms with van der Waals surface area (Å²) in [4.78, 5) is 58.5. The average molecular weight is 1400 g/mol. The molecule has 0 amide bonds. The summed E-state index contributed by atoms with van der Waals surface area (Å²) in [7, 11) is -9.80. The molecule has 0 bridgehead atoms.